The van der Waals surface area contributed by atoms with Crippen LogP contribution >= 0.6 is 11.6 Å². The standard InChI is InChI=1S/C16H12ClN3/c1-11-5-4-7-13-16(11)20(15(9-17)19-13)14-8-3-2-6-12(14)10-18/h2-8H,9H2,1H3. The number of fused-ring (bicyclic) bond motifs is 1. The normalized spacial score (nSPS) is 10.7. The Labute approximate surface area is 122 Å². The molecule has 1 aromatic heterocycles. The predicted molar refractivity (Wildman–Crippen MR) is 80.1 cm³/mol. The Bertz CT molecular complexity index is 827. The summed E-state index contributed by atoms with van der Waals surface area (Å²) >= 11 is 6.04. The Balaban J connectivity index is 2.44. The Kier molecular flexibility index (Phi) is 3.17. The van der Waals surface area contributed by atoms with E-state index in [4.69, 9.17) is 11.6 Å². The Morgan fingerprint density at radius 3 is 2.75 bits per heavy atom. The smallest absolute Gasteiger partial charge is 0.129 e. The summed E-state index contributed by atoms with van der Waals surface area (Å²) in [5.74, 6) is 1.05. The fourth-order valence-corrected chi connectivity index (χ4v) is 2.63. The first-order valence-electron chi connectivity index (χ1n) is 6.28. The van der Waals surface area contributed by atoms with Gasteiger partial charge >= 0.3 is 0 Å². The molecule has 4 heteroatoms. The zero-order valence-electron chi connectivity index (χ0n) is 11.0. The van der Waals surface area contributed by atoms with Crippen molar-refractivity contribution in [3.63, 3.8) is 0 Å². The lowest BCUT2D eigenvalue weighted by Gasteiger charge is -2.10. The number of imidazole rings is 1. The molecule has 0 radical (unpaired) electrons. The minimum atomic E-state index is 0.299. The van der Waals surface area contributed by atoms with Gasteiger partial charge in [-0.25, -0.2) is 4.98 Å². The lowest BCUT2D eigenvalue weighted by molar-refractivity contribution is 0.975. The Hall–Kier alpha value is -2.31. The van der Waals surface area contributed by atoms with Crippen molar-refractivity contribution in [1.29, 1.82) is 5.26 Å². The highest BCUT2D eigenvalue weighted by Gasteiger charge is 2.15. The third-order valence-corrected chi connectivity index (χ3v) is 3.57. The van der Waals surface area contributed by atoms with E-state index in [-0.39, 0.29) is 0 Å². The van der Waals surface area contributed by atoms with Gasteiger partial charge in [0.1, 0.15) is 11.9 Å². The van der Waals surface area contributed by atoms with Crippen LogP contribution < -0.4 is 0 Å². The molecule has 1 heterocycles. The molecule has 0 atom stereocenters. The van der Waals surface area contributed by atoms with E-state index in [1.807, 2.05) is 47.9 Å². The largest absolute Gasteiger partial charge is 0.294 e. The van der Waals surface area contributed by atoms with E-state index in [9.17, 15) is 5.26 Å². The first-order chi connectivity index (χ1) is 9.76. The molecule has 0 saturated carbocycles. The van der Waals surface area contributed by atoms with Gasteiger partial charge in [0.15, 0.2) is 0 Å². The highest BCUT2D eigenvalue weighted by molar-refractivity contribution is 6.17. The van der Waals surface area contributed by atoms with Crippen LogP contribution in [0.4, 0.5) is 0 Å². The predicted octanol–water partition coefficient (Wildman–Crippen LogP) is 3.94. The quantitative estimate of drug-likeness (QED) is 0.668. The molecule has 0 fully saturated rings. The van der Waals surface area contributed by atoms with Crippen molar-refractivity contribution in [2.24, 2.45) is 0 Å². The maximum Gasteiger partial charge on any atom is 0.129 e. The SMILES string of the molecule is Cc1cccc2nc(CCl)n(-c3ccccc3C#N)c12. The molecule has 0 aliphatic rings. The second-order valence-electron chi connectivity index (χ2n) is 4.57. The number of aryl methyl sites for hydroxylation is 1. The number of benzene rings is 2. The van der Waals surface area contributed by atoms with Gasteiger partial charge in [0.05, 0.1) is 28.2 Å². The van der Waals surface area contributed by atoms with Crippen LogP contribution in [0.3, 0.4) is 0 Å². The number of nitriles is 1. The molecule has 3 aromatic rings. The third-order valence-electron chi connectivity index (χ3n) is 3.33. The minimum absolute atomic E-state index is 0.299. The number of aromatic nitrogens is 2. The van der Waals surface area contributed by atoms with Gasteiger partial charge in [-0.1, -0.05) is 24.3 Å². The molecule has 0 bridgehead atoms. The highest BCUT2D eigenvalue weighted by Crippen LogP contribution is 2.26. The summed E-state index contributed by atoms with van der Waals surface area (Å²) in [6, 6.07) is 15.7. The number of hydrogen-bond acceptors (Lipinski definition) is 2. The van der Waals surface area contributed by atoms with Crippen molar-refractivity contribution < 1.29 is 0 Å². The molecule has 0 unspecified atom stereocenters. The summed E-state index contributed by atoms with van der Waals surface area (Å²) in [6.07, 6.45) is 0. The lowest BCUT2D eigenvalue weighted by Crippen LogP contribution is -2.02. The summed E-state index contributed by atoms with van der Waals surface area (Å²) in [4.78, 5) is 4.57. The molecule has 0 spiro atoms. The van der Waals surface area contributed by atoms with Gasteiger partial charge in [0.25, 0.3) is 0 Å². The monoisotopic (exact) mass is 281 g/mol. The maximum atomic E-state index is 9.31. The minimum Gasteiger partial charge on any atom is -0.294 e. The molecule has 3 nitrogen and oxygen atoms in total. The molecular weight excluding hydrogens is 270 g/mol. The summed E-state index contributed by atoms with van der Waals surface area (Å²) in [6.45, 7) is 2.04. The summed E-state index contributed by atoms with van der Waals surface area (Å²) in [5, 5.41) is 9.31. The first-order valence-corrected chi connectivity index (χ1v) is 6.82. The van der Waals surface area contributed by atoms with Gasteiger partial charge in [-0.05, 0) is 30.7 Å². The van der Waals surface area contributed by atoms with Crippen molar-refractivity contribution in [3.05, 3.63) is 59.4 Å². The molecule has 0 aliphatic heterocycles. The van der Waals surface area contributed by atoms with Crippen LogP contribution in [0.5, 0.6) is 0 Å². The Morgan fingerprint density at radius 1 is 1.20 bits per heavy atom. The molecule has 0 saturated heterocycles. The van der Waals surface area contributed by atoms with E-state index in [1.54, 1.807) is 6.07 Å². The van der Waals surface area contributed by atoms with Gasteiger partial charge < -0.3 is 0 Å². The van der Waals surface area contributed by atoms with Crippen molar-refractivity contribution in [2.45, 2.75) is 12.8 Å². The second-order valence-corrected chi connectivity index (χ2v) is 4.84. The first kappa shape index (κ1) is 12.7. The fourth-order valence-electron chi connectivity index (χ4n) is 2.45. The van der Waals surface area contributed by atoms with Crippen LogP contribution in [-0.2, 0) is 5.88 Å². The topological polar surface area (TPSA) is 41.6 Å². The summed E-state index contributed by atoms with van der Waals surface area (Å²) in [5.41, 5.74) is 4.45. The van der Waals surface area contributed by atoms with E-state index < -0.39 is 0 Å². The van der Waals surface area contributed by atoms with Crippen molar-refractivity contribution in [3.8, 4) is 11.8 Å². The van der Waals surface area contributed by atoms with Crippen molar-refractivity contribution in [1.82, 2.24) is 9.55 Å². The summed E-state index contributed by atoms with van der Waals surface area (Å²) < 4.78 is 1.98. The molecule has 20 heavy (non-hydrogen) atoms. The molecule has 2 aromatic carbocycles. The molecule has 0 amide bonds. The molecule has 3 rings (SSSR count). The zero-order valence-corrected chi connectivity index (χ0v) is 11.7. The van der Waals surface area contributed by atoms with Crippen LogP contribution in [0.2, 0.25) is 0 Å². The molecule has 0 N–H and O–H groups in total. The molecular formula is C16H12ClN3. The van der Waals surface area contributed by atoms with Crippen LogP contribution in [0.25, 0.3) is 16.7 Å². The van der Waals surface area contributed by atoms with E-state index in [0.29, 0.717) is 11.4 Å². The fraction of sp³-hybridized carbons (Fsp3) is 0.125. The van der Waals surface area contributed by atoms with Crippen LogP contribution in [0.15, 0.2) is 42.5 Å². The third kappa shape index (κ3) is 1.86. The summed E-state index contributed by atoms with van der Waals surface area (Å²) in [7, 11) is 0. The number of para-hydroxylation sites is 2. The molecule has 0 aliphatic carbocycles. The van der Waals surface area contributed by atoms with Gasteiger partial charge in [0.2, 0.25) is 0 Å². The van der Waals surface area contributed by atoms with E-state index in [1.165, 1.54) is 0 Å². The maximum absolute atomic E-state index is 9.31. The average molecular weight is 282 g/mol. The van der Waals surface area contributed by atoms with Crippen LogP contribution in [0.1, 0.15) is 17.0 Å². The number of hydrogen-bond donors (Lipinski definition) is 0. The van der Waals surface area contributed by atoms with E-state index >= 15 is 0 Å². The average Bonchev–Trinajstić information content (AvgIpc) is 2.87. The molecule has 98 valence electrons. The highest BCUT2D eigenvalue weighted by atomic mass is 35.5. The number of nitrogens with zero attached hydrogens (tertiary/aromatic N) is 3. The van der Waals surface area contributed by atoms with Crippen molar-refractivity contribution in [2.75, 3.05) is 0 Å². The van der Waals surface area contributed by atoms with Crippen molar-refractivity contribution >= 4 is 22.6 Å². The van der Waals surface area contributed by atoms with Crippen LogP contribution in [0, 0.1) is 18.3 Å². The number of halogens is 1. The van der Waals surface area contributed by atoms with E-state index in [0.717, 1.165) is 28.1 Å². The number of alkyl halides is 1. The van der Waals surface area contributed by atoms with Gasteiger partial charge in [-0.15, -0.1) is 11.6 Å². The Morgan fingerprint density at radius 2 is 2.00 bits per heavy atom. The van der Waals surface area contributed by atoms with Gasteiger partial charge in [-0.2, -0.15) is 5.26 Å². The number of rotatable bonds is 2. The lowest BCUT2D eigenvalue weighted by atomic mass is 10.1. The van der Waals surface area contributed by atoms with E-state index in [2.05, 4.69) is 11.1 Å². The van der Waals surface area contributed by atoms with Gasteiger partial charge in [-0.3, -0.25) is 4.57 Å². The van der Waals surface area contributed by atoms with Gasteiger partial charge in [0, 0.05) is 0 Å². The van der Waals surface area contributed by atoms with Crippen LogP contribution in [-0.4, -0.2) is 9.55 Å². The zero-order chi connectivity index (χ0) is 14.1. The second kappa shape index (κ2) is 4.99.